The van der Waals surface area contributed by atoms with E-state index in [0.29, 0.717) is 34.4 Å². The fourth-order valence-electron chi connectivity index (χ4n) is 3.05. The van der Waals surface area contributed by atoms with Gasteiger partial charge in [0.25, 0.3) is 15.9 Å². The number of halogens is 1. The molecule has 0 radical (unpaired) electrons. The molecule has 8 nitrogen and oxygen atoms in total. The number of carbonyl (C=O) groups excluding carboxylic acids is 1. The van der Waals surface area contributed by atoms with Crippen molar-refractivity contribution in [2.24, 2.45) is 0 Å². The Morgan fingerprint density at radius 1 is 0.971 bits per heavy atom. The molecule has 0 spiro atoms. The molecule has 0 heterocycles. The second-order valence-electron chi connectivity index (χ2n) is 7.13. The predicted molar refractivity (Wildman–Crippen MR) is 132 cm³/mol. The van der Waals surface area contributed by atoms with Crippen molar-refractivity contribution in [2.75, 3.05) is 24.3 Å². The number of nitrogens with one attached hydrogen (secondary N) is 2. The van der Waals surface area contributed by atoms with E-state index < -0.39 is 16.1 Å². The number of carbonyl (C=O) groups is 1. The van der Waals surface area contributed by atoms with Gasteiger partial charge in [0.05, 0.1) is 29.8 Å². The molecular weight excluding hydrogens is 480 g/mol. The summed E-state index contributed by atoms with van der Waals surface area (Å²) in [4.78, 5) is 12.7. The van der Waals surface area contributed by atoms with Gasteiger partial charge in [-0.2, -0.15) is 0 Å². The van der Waals surface area contributed by atoms with E-state index in [4.69, 9.17) is 25.8 Å². The highest BCUT2D eigenvalue weighted by Gasteiger charge is 2.21. The van der Waals surface area contributed by atoms with E-state index in [1.54, 1.807) is 36.4 Å². The number of sulfonamides is 1. The fraction of sp³-hybridized carbons (Fsp3) is 0.208. The third-order valence-corrected chi connectivity index (χ3v) is 6.55. The molecule has 0 saturated heterocycles. The average Bonchev–Trinajstić information content (AvgIpc) is 2.83. The molecule has 0 aliphatic rings. The molecular formula is C24H25ClN2O6S. The highest BCUT2D eigenvalue weighted by Crippen LogP contribution is 2.31. The van der Waals surface area contributed by atoms with Crippen molar-refractivity contribution >= 4 is 38.9 Å². The summed E-state index contributed by atoms with van der Waals surface area (Å²) < 4.78 is 44.3. The van der Waals surface area contributed by atoms with Gasteiger partial charge in [-0.25, -0.2) is 8.42 Å². The lowest BCUT2D eigenvalue weighted by molar-refractivity contribution is -0.122. The van der Waals surface area contributed by atoms with Crippen LogP contribution in [0.3, 0.4) is 0 Å². The van der Waals surface area contributed by atoms with Crippen LogP contribution >= 0.6 is 11.6 Å². The van der Waals surface area contributed by atoms with Crippen molar-refractivity contribution in [2.45, 2.75) is 24.3 Å². The number of hydrogen-bond donors (Lipinski definition) is 2. The third kappa shape index (κ3) is 6.12. The predicted octanol–water partition coefficient (Wildman–Crippen LogP) is 4.95. The van der Waals surface area contributed by atoms with Gasteiger partial charge in [-0.15, -0.1) is 0 Å². The van der Waals surface area contributed by atoms with Crippen LogP contribution in [0.2, 0.25) is 5.02 Å². The highest BCUT2D eigenvalue weighted by atomic mass is 35.5. The summed E-state index contributed by atoms with van der Waals surface area (Å²) in [5.74, 6) is 0.849. The monoisotopic (exact) mass is 504 g/mol. The third-order valence-electron chi connectivity index (χ3n) is 4.85. The molecule has 2 N–H and O–H groups in total. The number of methoxy groups -OCH3 is 2. The summed E-state index contributed by atoms with van der Waals surface area (Å²) in [5, 5.41) is 3.14. The van der Waals surface area contributed by atoms with E-state index in [1.165, 1.54) is 44.6 Å². The van der Waals surface area contributed by atoms with Crippen LogP contribution in [0.4, 0.5) is 11.4 Å². The van der Waals surface area contributed by atoms with Crippen LogP contribution < -0.4 is 24.2 Å². The lowest BCUT2D eigenvalue weighted by Crippen LogP contribution is -2.32. The summed E-state index contributed by atoms with van der Waals surface area (Å²) in [7, 11) is -0.998. The number of ether oxygens (including phenoxy) is 3. The van der Waals surface area contributed by atoms with Crippen molar-refractivity contribution in [3.05, 3.63) is 71.8 Å². The minimum Gasteiger partial charge on any atom is -0.497 e. The Balaban J connectivity index is 1.71. The first-order valence-electron chi connectivity index (χ1n) is 10.3. The lowest BCUT2D eigenvalue weighted by atomic mass is 10.2. The largest absolute Gasteiger partial charge is 0.497 e. The average molecular weight is 505 g/mol. The Bertz CT molecular complexity index is 1250. The maximum Gasteiger partial charge on any atom is 0.265 e. The SMILES string of the molecule is CCC(Oc1ccccc1Cl)C(=O)Nc1ccc(S(=O)(=O)Nc2cc(OC)ccc2OC)cc1. The van der Waals surface area contributed by atoms with Gasteiger partial charge < -0.3 is 19.5 Å². The smallest absolute Gasteiger partial charge is 0.265 e. The maximum atomic E-state index is 12.9. The zero-order valence-corrected chi connectivity index (χ0v) is 20.4. The first-order chi connectivity index (χ1) is 16.3. The number of rotatable bonds is 10. The highest BCUT2D eigenvalue weighted by molar-refractivity contribution is 7.92. The molecule has 0 aliphatic carbocycles. The number of anilines is 2. The standard InChI is InChI=1S/C24H25ClN2O6S/c1-4-21(33-22-8-6-5-7-19(22)25)24(28)26-16-9-12-18(13-10-16)34(29,30)27-20-15-17(31-2)11-14-23(20)32-3/h5-15,21,27H,4H2,1-3H3,(H,26,28). The minimum absolute atomic E-state index is 0.00901. The Morgan fingerprint density at radius 3 is 2.29 bits per heavy atom. The van der Waals surface area contributed by atoms with E-state index in [1.807, 2.05) is 6.92 Å². The topological polar surface area (TPSA) is 103 Å². The van der Waals surface area contributed by atoms with Gasteiger partial charge in [-0.05, 0) is 55.0 Å². The van der Waals surface area contributed by atoms with E-state index in [9.17, 15) is 13.2 Å². The Morgan fingerprint density at radius 2 is 1.68 bits per heavy atom. The van der Waals surface area contributed by atoms with Crippen LogP contribution in [-0.4, -0.2) is 34.6 Å². The lowest BCUT2D eigenvalue weighted by Gasteiger charge is -2.18. The molecule has 3 aromatic carbocycles. The molecule has 3 aromatic rings. The molecule has 0 aromatic heterocycles. The number of benzene rings is 3. The molecule has 180 valence electrons. The van der Waals surface area contributed by atoms with E-state index >= 15 is 0 Å². The minimum atomic E-state index is -3.92. The van der Waals surface area contributed by atoms with Crippen molar-refractivity contribution in [1.29, 1.82) is 0 Å². The van der Waals surface area contributed by atoms with Crippen LogP contribution in [0.1, 0.15) is 13.3 Å². The van der Waals surface area contributed by atoms with E-state index in [0.717, 1.165) is 0 Å². The van der Waals surface area contributed by atoms with Crippen LogP contribution in [0.5, 0.6) is 17.2 Å². The first kappa shape index (κ1) is 25.2. The number of hydrogen-bond acceptors (Lipinski definition) is 6. The first-order valence-corrected chi connectivity index (χ1v) is 12.2. The summed E-state index contributed by atoms with van der Waals surface area (Å²) in [6.07, 6.45) is -0.360. The molecule has 1 amide bonds. The molecule has 10 heteroatoms. The van der Waals surface area contributed by atoms with Crippen molar-refractivity contribution in [1.82, 2.24) is 0 Å². The van der Waals surface area contributed by atoms with Gasteiger partial charge in [-0.3, -0.25) is 9.52 Å². The molecule has 0 bridgehead atoms. The molecule has 0 fully saturated rings. The van der Waals surface area contributed by atoms with Gasteiger partial charge in [0.1, 0.15) is 17.2 Å². The van der Waals surface area contributed by atoms with Crippen LogP contribution in [-0.2, 0) is 14.8 Å². The fourth-order valence-corrected chi connectivity index (χ4v) is 4.30. The van der Waals surface area contributed by atoms with Gasteiger partial charge in [-0.1, -0.05) is 30.7 Å². The summed E-state index contributed by atoms with van der Waals surface area (Å²) in [5.41, 5.74) is 0.658. The Hall–Kier alpha value is -3.43. The normalized spacial score (nSPS) is 11.9. The van der Waals surface area contributed by atoms with E-state index in [2.05, 4.69) is 10.0 Å². The molecule has 0 saturated carbocycles. The molecule has 0 aliphatic heterocycles. The quantitative estimate of drug-likeness (QED) is 0.405. The molecule has 1 unspecified atom stereocenters. The molecule has 34 heavy (non-hydrogen) atoms. The zero-order valence-electron chi connectivity index (χ0n) is 18.9. The number of para-hydroxylation sites is 1. The summed E-state index contributed by atoms with van der Waals surface area (Å²) in [6, 6.07) is 17.4. The van der Waals surface area contributed by atoms with Crippen LogP contribution in [0.15, 0.2) is 71.6 Å². The molecule has 3 rings (SSSR count). The summed E-state index contributed by atoms with van der Waals surface area (Å²) >= 11 is 6.11. The Kier molecular flexibility index (Phi) is 8.25. The maximum absolute atomic E-state index is 12.9. The second kappa shape index (κ2) is 11.1. The second-order valence-corrected chi connectivity index (χ2v) is 9.22. The van der Waals surface area contributed by atoms with Gasteiger partial charge in [0.15, 0.2) is 6.10 Å². The Labute approximate surface area is 203 Å². The van der Waals surface area contributed by atoms with Crippen molar-refractivity contribution in [3.8, 4) is 17.2 Å². The van der Waals surface area contributed by atoms with Gasteiger partial charge in [0, 0.05) is 11.8 Å². The zero-order chi connectivity index (χ0) is 24.7. The molecule has 1 atom stereocenters. The van der Waals surface area contributed by atoms with Crippen molar-refractivity contribution < 1.29 is 27.4 Å². The summed E-state index contributed by atoms with van der Waals surface area (Å²) in [6.45, 7) is 1.81. The van der Waals surface area contributed by atoms with Crippen molar-refractivity contribution in [3.63, 3.8) is 0 Å². The number of amides is 1. The van der Waals surface area contributed by atoms with Crippen LogP contribution in [0, 0.1) is 0 Å². The van der Waals surface area contributed by atoms with Gasteiger partial charge >= 0.3 is 0 Å². The van der Waals surface area contributed by atoms with Gasteiger partial charge in [0.2, 0.25) is 0 Å². The van der Waals surface area contributed by atoms with E-state index in [-0.39, 0.29) is 16.5 Å². The van der Waals surface area contributed by atoms with Crippen LogP contribution in [0.25, 0.3) is 0 Å².